The van der Waals surface area contributed by atoms with Gasteiger partial charge in [0, 0.05) is 20.0 Å². The molecule has 5 nitrogen and oxygen atoms in total. The van der Waals surface area contributed by atoms with Gasteiger partial charge >= 0.3 is 0 Å². The van der Waals surface area contributed by atoms with Crippen LogP contribution in [-0.2, 0) is 11.4 Å². The summed E-state index contributed by atoms with van der Waals surface area (Å²) in [6, 6.07) is 5.24. The number of likely N-dealkylation sites (N-methyl/N-ethyl adjacent to an activating group) is 1. The van der Waals surface area contributed by atoms with Gasteiger partial charge in [-0.25, -0.2) is 0 Å². The van der Waals surface area contributed by atoms with Crippen molar-refractivity contribution in [3.05, 3.63) is 23.8 Å². The normalized spacial score (nSPS) is 18.8. The predicted molar refractivity (Wildman–Crippen MR) is 70.2 cm³/mol. The molecule has 0 aliphatic carbocycles. The van der Waals surface area contributed by atoms with Crippen LogP contribution >= 0.6 is 0 Å². The van der Waals surface area contributed by atoms with Crippen molar-refractivity contribution in [2.75, 3.05) is 20.2 Å². The highest BCUT2D eigenvalue weighted by Gasteiger charge is 2.31. The van der Waals surface area contributed by atoms with Crippen LogP contribution in [0.1, 0.15) is 18.9 Å². The van der Waals surface area contributed by atoms with Crippen molar-refractivity contribution in [1.29, 1.82) is 0 Å². The number of nitrogens with zero attached hydrogens (tertiary/aromatic N) is 1. The molecule has 0 radical (unpaired) electrons. The Labute approximate surface area is 112 Å². The number of aliphatic hydroxyl groups is 1. The molecule has 19 heavy (non-hydrogen) atoms. The third-order valence-electron chi connectivity index (χ3n) is 3.14. The van der Waals surface area contributed by atoms with Crippen molar-refractivity contribution in [2.24, 2.45) is 0 Å². The van der Waals surface area contributed by atoms with Gasteiger partial charge in [0.2, 0.25) is 0 Å². The Balaban J connectivity index is 2.17. The fourth-order valence-electron chi connectivity index (χ4n) is 2.07. The first-order valence-electron chi connectivity index (χ1n) is 6.44. The van der Waals surface area contributed by atoms with E-state index in [4.69, 9.17) is 14.6 Å². The maximum absolute atomic E-state index is 11.8. The van der Waals surface area contributed by atoms with Gasteiger partial charge in [0.25, 0.3) is 5.91 Å². The molecule has 1 unspecified atom stereocenters. The number of aliphatic hydroxyl groups excluding tert-OH is 1. The molecule has 0 aromatic heterocycles. The van der Waals surface area contributed by atoms with Crippen LogP contribution in [0.15, 0.2) is 18.2 Å². The predicted octanol–water partition coefficient (Wildman–Crippen LogP) is 1.19. The first kappa shape index (κ1) is 13.7. The van der Waals surface area contributed by atoms with E-state index in [-0.39, 0.29) is 12.5 Å². The summed E-state index contributed by atoms with van der Waals surface area (Å²) in [5.41, 5.74) is 0.755. The Kier molecular flexibility index (Phi) is 4.27. The first-order valence-corrected chi connectivity index (χ1v) is 6.44. The zero-order valence-electron chi connectivity index (χ0n) is 11.3. The Morgan fingerprint density at radius 1 is 1.42 bits per heavy atom. The Bertz CT molecular complexity index is 461. The average molecular weight is 265 g/mol. The van der Waals surface area contributed by atoms with Gasteiger partial charge in [-0.15, -0.1) is 0 Å². The summed E-state index contributed by atoms with van der Waals surface area (Å²) in [7, 11) is 1.77. The summed E-state index contributed by atoms with van der Waals surface area (Å²) in [5, 5.41) is 9.13. The summed E-state index contributed by atoms with van der Waals surface area (Å²) in [6.45, 7) is 3.04. The number of benzene rings is 1. The second kappa shape index (κ2) is 5.93. The van der Waals surface area contributed by atoms with Gasteiger partial charge in [0.1, 0.15) is 0 Å². The molecule has 1 heterocycles. The molecule has 1 fully saturated rings. The van der Waals surface area contributed by atoms with Gasteiger partial charge < -0.3 is 19.5 Å². The molecule has 1 N–H and O–H groups in total. The summed E-state index contributed by atoms with van der Waals surface area (Å²) in [6.07, 6.45) is 0.243. The van der Waals surface area contributed by atoms with Crippen molar-refractivity contribution >= 4 is 5.91 Å². The lowest BCUT2D eigenvalue weighted by atomic mass is 10.2. The van der Waals surface area contributed by atoms with Gasteiger partial charge in [0.15, 0.2) is 17.6 Å². The number of carbonyl (C=O) groups is 1. The van der Waals surface area contributed by atoms with Gasteiger partial charge in [-0.3, -0.25) is 4.79 Å². The van der Waals surface area contributed by atoms with Crippen LogP contribution in [0.4, 0.5) is 0 Å². The monoisotopic (exact) mass is 265 g/mol. The number of hydrogen-bond acceptors (Lipinski definition) is 4. The maximum atomic E-state index is 11.8. The molecule has 0 saturated carbocycles. The molecule has 0 bridgehead atoms. The Morgan fingerprint density at radius 3 is 2.79 bits per heavy atom. The fraction of sp³-hybridized carbons (Fsp3) is 0.500. The molecule has 1 aromatic carbocycles. The van der Waals surface area contributed by atoms with Crippen LogP contribution < -0.4 is 9.47 Å². The molecular weight excluding hydrogens is 246 g/mol. The number of ether oxygens (including phenoxy) is 2. The number of hydrogen-bond donors (Lipinski definition) is 1. The molecule has 1 aliphatic heterocycles. The van der Waals surface area contributed by atoms with E-state index < -0.39 is 6.10 Å². The second-order valence-electron chi connectivity index (χ2n) is 4.53. The zero-order valence-corrected chi connectivity index (χ0v) is 11.3. The van der Waals surface area contributed by atoms with Crippen LogP contribution in [-0.4, -0.2) is 42.2 Å². The number of likely N-dealkylation sites (tertiary alicyclic amines) is 1. The molecule has 5 heteroatoms. The number of amides is 1. The quantitative estimate of drug-likeness (QED) is 0.868. The molecule has 0 spiro atoms. The van der Waals surface area contributed by atoms with Crippen LogP contribution in [0.3, 0.4) is 0 Å². The highest BCUT2D eigenvalue weighted by Crippen LogP contribution is 2.31. The fourth-order valence-corrected chi connectivity index (χ4v) is 2.07. The third-order valence-corrected chi connectivity index (χ3v) is 3.14. The van der Waals surface area contributed by atoms with E-state index in [1.54, 1.807) is 30.1 Å². The molecular formula is C14H19NO4. The van der Waals surface area contributed by atoms with Crippen LogP contribution in [0.2, 0.25) is 0 Å². The molecule has 1 aliphatic rings. The van der Waals surface area contributed by atoms with E-state index in [0.29, 0.717) is 31.1 Å². The third kappa shape index (κ3) is 2.98. The van der Waals surface area contributed by atoms with Crippen LogP contribution in [0.25, 0.3) is 0 Å². The topological polar surface area (TPSA) is 59.0 Å². The van der Waals surface area contributed by atoms with E-state index in [1.807, 2.05) is 6.92 Å². The van der Waals surface area contributed by atoms with E-state index in [9.17, 15) is 4.79 Å². The molecule has 1 aromatic rings. The van der Waals surface area contributed by atoms with Gasteiger partial charge in [-0.2, -0.15) is 0 Å². The van der Waals surface area contributed by atoms with Gasteiger partial charge in [0.05, 0.1) is 13.2 Å². The summed E-state index contributed by atoms with van der Waals surface area (Å²) >= 11 is 0. The molecule has 2 rings (SSSR count). The van der Waals surface area contributed by atoms with Crippen molar-refractivity contribution in [2.45, 2.75) is 26.1 Å². The lowest BCUT2D eigenvalue weighted by Crippen LogP contribution is -2.29. The standard InChI is InChI=1S/C14H19NO4/c1-3-18-13-8-10(9-16)4-5-11(13)19-12-6-7-15(2)14(12)17/h4-5,8,12,16H,3,6-7,9H2,1-2H3. The Hall–Kier alpha value is -1.75. The highest BCUT2D eigenvalue weighted by molar-refractivity contribution is 5.83. The Morgan fingerprint density at radius 2 is 2.21 bits per heavy atom. The minimum atomic E-state index is -0.441. The molecule has 104 valence electrons. The van der Waals surface area contributed by atoms with E-state index >= 15 is 0 Å². The van der Waals surface area contributed by atoms with Crippen LogP contribution in [0, 0.1) is 0 Å². The summed E-state index contributed by atoms with van der Waals surface area (Å²) < 4.78 is 11.2. The SMILES string of the molecule is CCOc1cc(CO)ccc1OC1CCN(C)C1=O. The lowest BCUT2D eigenvalue weighted by Gasteiger charge is -2.16. The minimum absolute atomic E-state index is 0.00585. The first-order chi connectivity index (χ1) is 9.15. The smallest absolute Gasteiger partial charge is 0.263 e. The van der Waals surface area contributed by atoms with Crippen molar-refractivity contribution in [1.82, 2.24) is 4.90 Å². The van der Waals surface area contributed by atoms with E-state index in [1.165, 1.54) is 0 Å². The lowest BCUT2D eigenvalue weighted by molar-refractivity contribution is -0.132. The van der Waals surface area contributed by atoms with E-state index in [0.717, 1.165) is 5.56 Å². The minimum Gasteiger partial charge on any atom is -0.490 e. The summed E-state index contributed by atoms with van der Waals surface area (Å²) in [4.78, 5) is 13.5. The molecule has 1 amide bonds. The highest BCUT2D eigenvalue weighted by atomic mass is 16.5. The van der Waals surface area contributed by atoms with Crippen molar-refractivity contribution < 1.29 is 19.4 Å². The molecule has 1 atom stereocenters. The van der Waals surface area contributed by atoms with Crippen LogP contribution in [0.5, 0.6) is 11.5 Å². The number of rotatable bonds is 5. The van der Waals surface area contributed by atoms with Gasteiger partial charge in [-0.05, 0) is 24.6 Å². The van der Waals surface area contributed by atoms with E-state index in [2.05, 4.69) is 0 Å². The number of carbonyl (C=O) groups excluding carboxylic acids is 1. The average Bonchev–Trinajstić information content (AvgIpc) is 2.73. The largest absolute Gasteiger partial charge is 0.490 e. The second-order valence-corrected chi connectivity index (χ2v) is 4.53. The zero-order chi connectivity index (χ0) is 13.8. The van der Waals surface area contributed by atoms with Gasteiger partial charge in [-0.1, -0.05) is 6.07 Å². The van der Waals surface area contributed by atoms with Crippen molar-refractivity contribution in [3.63, 3.8) is 0 Å². The van der Waals surface area contributed by atoms with Crippen molar-refractivity contribution in [3.8, 4) is 11.5 Å². The summed E-state index contributed by atoms with van der Waals surface area (Å²) in [5.74, 6) is 1.11. The molecule has 1 saturated heterocycles. The maximum Gasteiger partial charge on any atom is 0.263 e.